The number of fused-ring (bicyclic) bond motifs is 3. The summed E-state index contributed by atoms with van der Waals surface area (Å²) in [5.74, 6) is 0.0469. The topological polar surface area (TPSA) is 80.1 Å². The van der Waals surface area contributed by atoms with Gasteiger partial charge in [0.2, 0.25) is 5.91 Å². The molecule has 0 aromatic carbocycles. The van der Waals surface area contributed by atoms with E-state index in [9.17, 15) is 9.59 Å². The molecule has 1 amide bonds. The lowest BCUT2D eigenvalue weighted by Gasteiger charge is -2.15. The minimum atomic E-state index is -0.144. The molecule has 3 aromatic rings. The fourth-order valence-electron chi connectivity index (χ4n) is 3.64. The number of amides is 1. The maximum absolute atomic E-state index is 13.5. The van der Waals surface area contributed by atoms with Gasteiger partial charge in [-0.15, -0.1) is 22.7 Å². The van der Waals surface area contributed by atoms with Gasteiger partial charge in [-0.2, -0.15) is 0 Å². The molecule has 160 valence electrons. The van der Waals surface area contributed by atoms with Crippen molar-refractivity contribution in [3.05, 3.63) is 32.4 Å². The quantitative estimate of drug-likeness (QED) is 0.407. The summed E-state index contributed by atoms with van der Waals surface area (Å²) in [6.45, 7) is 1.49. The number of thiophene rings is 1. The Balaban J connectivity index is 1.62. The van der Waals surface area contributed by atoms with Gasteiger partial charge in [-0.05, 0) is 58.3 Å². The molecule has 10 heteroatoms. The van der Waals surface area contributed by atoms with E-state index in [1.54, 1.807) is 22.1 Å². The predicted octanol–water partition coefficient (Wildman–Crippen LogP) is 3.48. The summed E-state index contributed by atoms with van der Waals surface area (Å²) >= 11 is 4.35. The molecule has 3 aromatic heterocycles. The van der Waals surface area contributed by atoms with Crippen molar-refractivity contribution >= 4 is 55.7 Å². The molecule has 1 N–H and O–H groups in total. The molecule has 0 spiro atoms. The summed E-state index contributed by atoms with van der Waals surface area (Å²) in [5.41, 5.74) is 1.25. The van der Waals surface area contributed by atoms with E-state index in [2.05, 4.69) is 15.2 Å². The van der Waals surface area contributed by atoms with Crippen molar-refractivity contribution < 1.29 is 4.79 Å². The van der Waals surface area contributed by atoms with Gasteiger partial charge in [0.05, 0.1) is 11.1 Å². The predicted molar refractivity (Wildman–Crippen MR) is 125 cm³/mol. The summed E-state index contributed by atoms with van der Waals surface area (Å²) in [7, 11) is 4.05. The van der Waals surface area contributed by atoms with Crippen LogP contribution in [-0.4, -0.2) is 51.7 Å². The first-order valence-electron chi connectivity index (χ1n) is 10.0. The van der Waals surface area contributed by atoms with Crippen LogP contribution in [0.25, 0.3) is 10.2 Å². The minimum absolute atomic E-state index is 0.0426. The van der Waals surface area contributed by atoms with Crippen molar-refractivity contribution in [2.75, 3.05) is 31.7 Å². The number of aromatic nitrogens is 3. The van der Waals surface area contributed by atoms with E-state index in [4.69, 9.17) is 4.98 Å². The Labute approximate surface area is 187 Å². The van der Waals surface area contributed by atoms with Gasteiger partial charge in [0.15, 0.2) is 10.3 Å². The maximum Gasteiger partial charge on any atom is 0.263 e. The summed E-state index contributed by atoms with van der Waals surface area (Å²) in [4.78, 5) is 38.9. The van der Waals surface area contributed by atoms with Crippen LogP contribution in [0.2, 0.25) is 0 Å². The first-order valence-corrected chi connectivity index (χ1v) is 12.7. The third kappa shape index (κ3) is 4.77. The lowest BCUT2D eigenvalue weighted by molar-refractivity contribution is -0.113. The number of anilines is 1. The van der Waals surface area contributed by atoms with Crippen LogP contribution in [0, 0.1) is 0 Å². The Kier molecular flexibility index (Phi) is 6.87. The van der Waals surface area contributed by atoms with Gasteiger partial charge in [-0.1, -0.05) is 11.8 Å². The van der Waals surface area contributed by atoms with Crippen molar-refractivity contribution in [1.29, 1.82) is 0 Å². The van der Waals surface area contributed by atoms with Crippen LogP contribution >= 0.6 is 34.4 Å². The number of thioether (sulfide) groups is 1. The molecule has 0 aliphatic heterocycles. The molecule has 1 aliphatic rings. The number of hydrogen-bond acceptors (Lipinski definition) is 8. The smallest absolute Gasteiger partial charge is 0.263 e. The average molecular weight is 464 g/mol. The van der Waals surface area contributed by atoms with E-state index in [-0.39, 0.29) is 17.2 Å². The van der Waals surface area contributed by atoms with Crippen LogP contribution in [0.15, 0.2) is 21.5 Å². The van der Waals surface area contributed by atoms with Crippen molar-refractivity contribution in [2.24, 2.45) is 0 Å². The minimum Gasteiger partial charge on any atom is -0.309 e. The molecule has 1 aliphatic carbocycles. The highest BCUT2D eigenvalue weighted by atomic mass is 32.2. The third-order valence-electron chi connectivity index (χ3n) is 5.04. The van der Waals surface area contributed by atoms with E-state index in [0.717, 1.165) is 42.4 Å². The number of aryl methyl sites for hydroxylation is 2. The summed E-state index contributed by atoms with van der Waals surface area (Å²) in [6, 6.07) is 0. The van der Waals surface area contributed by atoms with Crippen LogP contribution < -0.4 is 10.9 Å². The Hall–Kier alpha value is -1.75. The van der Waals surface area contributed by atoms with Gasteiger partial charge in [0.1, 0.15) is 4.83 Å². The number of carbonyl (C=O) groups is 1. The van der Waals surface area contributed by atoms with Crippen LogP contribution in [0.5, 0.6) is 0 Å². The lowest BCUT2D eigenvalue weighted by atomic mass is 9.97. The molecule has 0 bridgehead atoms. The molecule has 0 saturated carbocycles. The fourth-order valence-corrected chi connectivity index (χ4v) is 6.32. The molecule has 3 heterocycles. The highest BCUT2D eigenvalue weighted by Gasteiger charge is 2.22. The van der Waals surface area contributed by atoms with Gasteiger partial charge >= 0.3 is 0 Å². The van der Waals surface area contributed by atoms with Crippen molar-refractivity contribution in [3.8, 4) is 0 Å². The second kappa shape index (κ2) is 9.59. The Bertz CT molecular complexity index is 1090. The molecule has 7 nitrogen and oxygen atoms in total. The molecule has 30 heavy (non-hydrogen) atoms. The van der Waals surface area contributed by atoms with E-state index in [0.29, 0.717) is 16.8 Å². The molecule has 0 radical (unpaired) electrons. The van der Waals surface area contributed by atoms with Gasteiger partial charge < -0.3 is 10.2 Å². The SMILES string of the molecule is CN(C)CCCn1c(SCC(=O)Nc2nccs2)nc2sc3c(c2c1=O)CCCC3. The molecule has 0 fully saturated rings. The fraction of sp³-hybridized carbons (Fsp3) is 0.500. The van der Waals surface area contributed by atoms with Crippen molar-refractivity contribution in [3.63, 3.8) is 0 Å². The molecular weight excluding hydrogens is 438 g/mol. The monoisotopic (exact) mass is 463 g/mol. The number of hydrogen-bond donors (Lipinski definition) is 1. The van der Waals surface area contributed by atoms with Gasteiger partial charge in [0.25, 0.3) is 5.56 Å². The van der Waals surface area contributed by atoms with Crippen LogP contribution in [0.1, 0.15) is 29.7 Å². The second-order valence-electron chi connectivity index (χ2n) is 7.57. The Morgan fingerprint density at radius 2 is 2.17 bits per heavy atom. The Morgan fingerprint density at radius 1 is 1.33 bits per heavy atom. The highest BCUT2D eigenvalue weighted by Crippen LogP contribution is 2.34. The van der Waals surface area contributed by atoms with Gasteiger partial charge in [-0.25, -0.2) is 9.97 Å². The highest BCUT2D eigenvalue weighted by molar-refractivity contribution is 7.99. The van der Waals surface area contributed by atoms with Crippen molar-refractivity contribution in [1.82, 2.24) is 19.4 Å². The van der Waals surface area contributed by atoms with Crippen LogP contribution in [0.3, 0.4) is 0 Å². The van der Waals surface area contributed by atoms with Gasteiger partial charge in [-0.3, -0.25) is 14.2 Å². The maximum atomic E-state index is 13.5. The van der Waals surface area contributed by atoms with Gasteiger partial charge in [0, 0.05) is 23.0 Å². The van der Waals surface area contributed by atoms with E-state index in [1.165, 1.54) is 40.0 Å². The largest absolute Gasteiger partial charge is 0.309 e. The van der Waals surface area contributed by atoms with E-state index < -0.39 is 0 Å². The van der Waals surface area contributed by atoms with E-state index >= 15 is 0 Å². The average Bonchev–Trinajstić information content (AvgIpc) is 3.35. The lowest BCUT2D eigenvalue weighted by Crippen LogP contribution is -2.26. The zero-order valence-corrected chi connectivity index (χ0v) is 19.6. The number of thiazole rings is 1. The van der Waals surface area contributed by atoms with Crippen LogP contribution in [0.4, 0.5) is 5.13 Å². The number of rotatable bonds is 8. The number of nitrogens with zero attached hydrogens (tertiary/aromatic N) is 4. The normalized spacial score (nSPS) is 13.7. The standard InChI is InChI=1S/C20H25N5O2S3/c1-24(2)9-5-10-25-18(27)16-13-6-3-4-7-14(13)30-17(16)23-20(25)29-12-15(26)22-19-21-8-11-28-19/h8,11H,3-7,9-10,12H2,1-2H3,(H,21,22,26). The number of nitrogens with one attached hydrogen (secondary N) is 1. The summed E-state index contributed by atoms with van der Waals surface area (Å²) < 4.78 is 1.77. The zero-order valence-electron chi connectivity index (χ0n) is 17.1. The second-order valence-corrected chi connectivity index (χ2v) is 10.5. The zero-order chi connectivity index (χ0) is 21.1. The molecule has 0 unspecified atom stereocenters. The molecule has 4 rings (SSSR count). The summed E-state index contributed by atoms with van der Waals surface area (Å²) in [5, 5.41) is 6.62. The number of carbonyl (C=O) groups excluding carboxylic acids is 1. The van der Waals surface area contributed by atoms with E-state index in [1.807, 2.05) is 19.5 Å². The first kappa shape index (κ1) is 21.5. The Morgan fingerprint density at radius 3 is 2.93 bits per heavy atom. The summed E-state index contributed by atoms with van der Waals surface area (Å²) in [6.07, 6.45) is 6.82. The third-order valence-corrected chi connectivity index (χ3v) is 7.89. The molecule has 0 saturated heterocycles. The van der Waals surface area contributed by atoms with Crippen LogP contribution in [-0.2, 0) is 24.2 Å². The molecular formula is C20H25N5O2S3. The molecule has 0 atom stereocenters. The first-order chi connectivity index (χ1) is 14.5. The van der Waals surface area contributed by atoms with Crippen molar-refractivity contribution in [2.45, 2.75) is 43.8 Å².